The van der Waals surface area contributed by atoms with Crippen LogP contribution in [0.25, 0.3) is 11.6 Å². The SMILES string of the molecule is C[C@H](c1nc(-c2ccco2)no1)N1CCN(CCO)CC1. The third kappa shape index (κ3) is 3.15. The van der Waals surface area contributed by atoms with Crippen LogP contribution in [0, 0.1) is 0 Å². The summed E-state index contributed by atoms with van der Waals surface area (Å²) >= 11 is 0. The summed E-state index contributed by atoms with van der Waals surface area (Å²) in [5, 5.41) is 12.9. The Labute approximate surface area is 123 Å². The molecule has 0 radical (unpaired) electrons. The van der Waals surface area contributed by atoms with Crippen molar-refractivity contribution in [3.05, 3.63) is 24.3 Å². The Bertz CT molecular complexity index is 546. The van der Waals surface area contributed by atoms with Gasteiger partial charge in [0.25, 0.3) is 0 Å². The normalized spacial score (nSPS) is 19.0. The largest absolute Gasteiger partial charge is 0.461 e. The average molecular weight is 292 g/mol. The number of piperazine rings is 1. The summed E-state index contributed by atoms with van der Waals surface area (Å²) in [6, 6.07) is 3.69. The Morgan fingerprint density at radius 3 is 2.81 bits per heavy atom. The molecule has 0 spiro atoms. The fraction of sp³-hybridized carbons (Fsp3) is 0.571. The number of nitrogens with zero attached hydrogens (tertiary/aromatic N) is 4. The molecule has 3 heterocycles. The highest BCUT2D eigenvalue weighted by molar-refractivity contribution is 5.44. The van der Waals surface area contributed by atoms with Crippen molar-refractivity contribution < 1.29 is 14.0 Å². The molecule has 2 aromatic rings. The standard InChI is InChI=1S/C14H20N4O3/c1-11(18-6-4-17(5-7-18)8-9-19)14-15-13(16-21-14)12-3-2-10-20-12/h2-3,10-11,19H,4-9H2,1H3/t11-/m1/s1. The zero-order valence-electron chi connectivity index (χ0n) is 12.1. The first-order valence-electron chi connectivity index (χ1n) is 7.22. The van der Waals surface area contributed by atoms with Gasteiger partial charge in [-0.1, -0.05) is 5.16 Å². The molecule has 0 amide bonds. The Balaban J connectivity index is 1.62. The summed E-state index contributed by atoms with van der Waals surface area (Å²) < 4.78 is 10.6. The van der Waals surface area contributed by atoms with Crippen LogP contribution in [-0.2, 0) is 0 Å². The lowest BCUT2D eigenvalue weighted by Gasteiger charge is -2.36. The van der Waals surface area contributed by atoms with Crippen LogP contribution in [0.15, 0.2) is 27.3 Å². The summed E-state index contributed by atoms with van der Waals surface area (Å²) in [6.07, 6.45) is 1.59. The van der Waals surface area contributed by atoms with Crippen molar-refractivity contribution in [1.82, 2.24) is 19.9 Å². The van der Waals surface area contributed by atoms with Gasteiger partial charge in [-0.05, 0) is 19.1 Å². The Morgan fingerprint density at radius 2 is 2.14 bits per heavy atom. The molecule has 7 heteroatoms. The van der Waals surface area contributed by atoms with Crippen LogP contribution >= 0.6 is 0 Å². The fourth-order valence-electron chi connectivity index (χ4n) is 2.58. The van der Waals surface area contributed by atoms with Gasteiger partial charge in [-0.25, -0.2) is 0 Å². The molecule has 114 valence electrons. The third-order valence-electron chi connectivity index (χ3n) is 3.91. The zero-order chi connectivity index (χ0) is 14.7. The minimum Gasteiger partial charge on any atom is -0.461 e. The number of aliphatic hydroxyl groups is 1. The van der Waals surface area contributed by atoms with Crippen molar-refractivity contribution in [3.63, 3.8) is 0 Å². The zero-order valence-corrected chi connectivity index (χ0v) is 12.1. The highest BCUT2D eigenvalue weighted by atomic mass is 16.5. The molecule has 0 unspecified atom stereocenters. The summed E-state index contributed by atoms with van der Waals surface area (Å²) in [5.74, 6) is 1.71. The van der Waals surface area contributed by atoms with Gasteiger partial charge in [-0.3, -0.25) is 9.80 Å². The van der Waals surface area contributed by atoms with E-state index in [1.165, 1.54) is 0 Å². The van der Waals surface area contributed by atoms with E-state index in [4.69, 9.17) is 14.0 Å². The van der Waals surface area contributed by atoms with Crippen LogP contribution in [0.3, 0.4) is 0 Å². The molecule has 1 atom stereocenters. The Kier molecular flexibility index (Phi) is 4.33. The minimum atomic E-state index is 0.0810. The third-order valence-corrected chi connectivity index (χ3v) is 3.91. The average Bonchev–Trinajstić information content (AvgIpc) is 3.19. The molecule has 1 aliphatic rings. The van der Waals surface area contributed by atoms with Crippen molar-refractivity contribution in [1.29, 1.82) is 0 Å². The molecule has 1 N–H and O–H groups in total. The lowest BCUT2D eigenvalue weighted by molar-refractivity contribution is 0.0776. The molecule has 7 nitrogen and oxygen atoms in total. The van der Waals surface area contributed by atoms with Crippen molar-refractivity contribution in [2.75, 3.05) is 39.3 Å². The molecule has 3 rings (SSSR count). The predicted octanol–water partition coefficient (Wildman–Crippen LogP) is 1.00. The van der Waals surface area contributed by atoms with Crippen LogP contribution in [0.4, 0.5) is 0 Å². The highest BCUT2D eigenvalue weighted by Gasteiger charge is 2.26. The molecule has 0 aliphatic carbocycles. The first-order chi connectivity index (χ1) is 10.3. The molecule has 0 aromatic carbocycles. The summed E-state index contributed by atoms with van der Waals surface area (Å²) in [7, 11) is 0. The van der Waals surface area contributed by atoms with Gasteiger partial charge in [0.15, 0.2) is 5.76 Å². The smallest absolute Gasteiger partial charge is 0.244 e. The maximum absolute atomic E-state index is 8.97. The van der Waals surface area contributed by atoms with Crippen LogP contribution in [0.1, 0.15) is 18.9 Å². The molecule has 2 aromatic heterocycles. The van der Waals surface area contributed by atoms with Crippen LogP contribution in [-0.4, -0.2) is 64.4 Å². The van der Waals surface area contributed by atoms with E-state index in [0.717, 1.165) is 32.7 Å². The van der Waals surface area contributed by atoms with E-state index in [-0.39, 0.29) is 12.6 Å². The van der Waals surface area contributed by atoms with Crippen molar-refractivity contribution in [3.8, 4) is 11.6 Å². The van der Waals surface area contributed by atoms with Gasteiger partial charge in [0.05, 0.1) is 18.9 Å². The minimum absolute atomic E-state index is 0.0810. The second-order valence-electron chi connectivity index (χ2n) is 5.21. The van der Waals surface area contributed by atoms with E-state index in [1.807, 2.05) is 6.07 Å². The summed E-state index contributed by atoms with van der Waals surface area (Å²) in [5.41, 5.74) is 0. The monoisotopic (exact) mass is 292 g/mol. The van der Waals surface area contributed by atoms with Crippen LogP contribution < -0.4 is 0 Å². The van der Waals surface area contributed by atoms with Crippen LogP contribution in [0.2, 0.25) is 0 Å². The topological polar surface area (TPSA) is 78.8 Å². The quantitative estimate of drug-likeness (QED) is 0.880. The molecule has 1 fully saturated rings. The molecular weight excluding hydrogens is 272 g/mol. The molecule has 0 bridgehead atoms. The lowest BCUT2D eigenvalue weighted by atomic mass is 10.2. The van der Waals surface area contributed by atoms with Gasteiger partial charge in [-0.2, -0.15) is 4.98 Å². The lowest BCUT2D eigenvalue weighted by Crippen LogP contribution is -2.47. The van der Waals surface area contributed by atoms with E-state index >= 15 is 0 Å². The predicted molar refractivity (Wildman–Crippen MR) is 75.5 cm³/mol. The summed E-state index contributed by atoms with van der Waals surface area (Å²) in [4.78, 5) is 8.98. The van der Waals surface area contributed by atoms with Gasteiger partial charge in [0.2, 0.25) is 11.7 Å². The number of β-amino-alcohol motifs (C(OH)–C–C–N with tert-alkyl or cyclic N) is 1. The fourth-order valence-corrected chi connectivity index (χ4v) is 2.58. The molecule has 0 saturated carbocycles. The maximum atomic E-state index is 8.97. The van der Waals surface area contributed by atoms with Gasteiger partial charge >= 0.3 is 0 Å². The van der Waals surface area contributed by atoms with Crippen molar-refractivity contribution >= 4 is 0 Å². The first kappa shape index (κ1) is 14.2. The highest BCUT2D eigenvalue weighted by Crippen LogP contribution is 2.23. The maximum Gasteiger partial charge on any atom is 0.244 e. The number of hydrogen-bond donors (Lipinski definition) is 1. The number of hydrogen-bond acceptors (Lipinski definition) is 7. The van der Waals surface area contributed by atoms with Crippen LogP contribution in [0.5, 0.6) is 0 Å². The Hall–Kier alpha value is -1.70. The number of aromatic nitrogens is 2. The van der Waals surface area contributed by atoms with Crippen molar-refractivity contribution in [2.45, 2.75) is 13.0 Å². The first-order valence-corrected chi connectivity index (χ1v) is 7.22. The number of aliphatic hydroxyl groups excluding tert-OH is 1. The molecular formula is C14H20N4O3. The Morgan fingerprint density at radius 1 is 1.33 bits per heavy atom. The van der Waals surface area contributed by atoms with E-state index in [2.05, 4.69) is 26.9 Å². The number of rotatable bonds is 5. The summed E-state index contributed by atoms with van der Waals surface area (Å²) in [6.45, 7) is 6.78. The van der Waals surface area contributed by atoms with Gasteiger partial charge in [0.1, 0.15) is 0 Å². The second-order valence-corrected chi connectivity index (χ2v) is 5.21. The van der Waals surface area contributed by atoms with E-state index in [1.54, 1.807) is 12.3 Å². The molecule has 1 aliphatic heterocycles. The molecule has 21 heavy (non-hydrogen) atoms. The van der Waals surface area contributed by atoms with E-state index < -0.39 is 0 Å². The van der Waals surface area contributed by atoms with Gasteiger partial charge in [-0.15, -0.1) is 0 Å². The van der Waals surface area contributed by atoms with Crippen molar-refractivity contribution in [2.24, 2.45) is 0 Å². The van der Waals surface area contributed by atoms with E-state index in [9.17, 15) is 0 Å². The van der Waals surface area contributed by atoms with Gasteiger partial charge in [0, 0.05) is 32.7 Å². The number of furan rings is 1. The second kappa shape index (κ2) is 6.38. The van der Waals surface area contributed by atoms with E-state index in [0.29, 0.717) is 17.5 Å². The molecule has 1 saturated heterocycles. The van der Waals surface area contributed by atoms with Gasteiger partial charge < -0.3 is 14.0 Å².